The number of hydrogen-bond donors (Lipinski definition) is 3. The summed E-state index contributed by atoms with van der Waals surface area (Å²) in [6.07, 6.45) is -1.27. The van der Waals surface area contributed by atoms with Crippen molar-refractivity contribution < 1.29 is 46.1 Å². The Morgan fingerprint density at radius 2 is 1.42 bits per heavy atom. The third-order valence-corrected chi connectivity index (χ3v) is 6.10. The minimum Gasteiger partial charge on any atom is -0.475 e. The highest BCUT2D eigenvalue weighted by atomic mass is 19.4. The zero-order chi connectivity index (χ0) is 36.5. The van der Waals surface area contributed by atoms with E-state index in [2.05, 4.69) is 30.5 Å². The molecule has 0 aliphatic rings. The molecule has 258 valence electrons. The Balaban J connectivity index is 0.000000340. The number of anilines is 2. The van der Waals surface area contributed by atoms with E-state index in [0.29, 0.717) is 11.8 Å². The van der Waals surface area contributed by atoms with Gasteiger partial charge in [-0.1, -0.05) is 12.1 Å². The maximum absolute atomic E-state index is 10.6. The third kappa shape index (κ3) is 10.2. The molecule has 6 aromatic rings. The van der Waals surface area contributed by atoms with Crippen LogP contribution < -0.4 is 5.32 Å². The summed E-state index contributed by atoms with van der Waals surface area (Å²) in [6.45, 7) is 1.95. The molecule has 3 N–H and O–H groups in total. The number of alkyl halides is 6. The van der Waals surface area contributed by atoms with Crippen LogP contribution in [0.1, 0.15) is 5.69 Å². The smallest absolute Gasteiger partial charge is 0.475 e. The number of rotatable bonds is 6. The first-order valence-corrected chi connectivity index (χ1v) is 13.9. The SMILES string of the molecule is Cc1ccc(-c2ncn(-c3ccc(Nc4nccc(-c5cccc(-n6cccn6)c5)n4)cc3)n2)cn1.O=C(O)C(F)(F)F.O=C(O)C(F)(F)F. The molecule has 0 fully saturated rings. The zero-order valence-electron chi connectivity index (χ0n) is 25.4. The van der Waals surface area contributed by atoms with Crippen LogP contribution in [0.5, 0.6) is 0 Å². The molecule has 4 heterocycles. The fraction of sp³-hybridized carbons (Fsp3) is 0.0968. The predicted molar refractivity (Wildman–Crippen MR) is 165 cm³/mol. The average molecular weight is 700 g/mol. The Morgan fingerprint density at radius 1 is 0.740 bits per heavy atom. The molecule has 0 amide bonds. The number of carbonyl (C=O) groups is 2. The van der Waals surface area contributed by atoms with Crippen molar-refractivity contribution in [3.8, 4) is 34.0 Å². The summed E-state index contributed by atoms with van der Waals surface area (Å²) in [5, 5.41) is 26.4. The van der Waals surface area contributed by atoms with Crippen LogP contribution in [0.25, 0.3) is 34.0 Å². The lowest BCUT2D eigenvalue weighted by Crippen LogP contribution is -2.21. The zero-order valence-corrected chi connectivity index (χ0v) is 25.4. The molecule has 6 rings (SSSR count). The fourth-order valence-corrected chi connectivity index (χ4v) is 3.76. The van der Waals surface area contributed by atoms with Crippen LogP contribution in [0.2, 0.25) is 0 Å². The normalized spacial score (nSPS) is 11.0. The fourth-order valence-electron chi connectivity index (χ4n) is 3.76. The average Bonchev–Trinajstić information content (AvgIpc) is 3.79. The molecule has 50 heavy (non-hydrogen) atoms. The van der Waals surface area contributed by atoms with E-state index in [1.807, 2.05) is 90.6 Å². The predicted octanol–water partition coefficient (Wildman–Crippen LogP) is 6.29. The van der Waals surface area contributed by atoms with Crippen LogP contribution in [0.4, 0.5) is 38.0 Å². The van der Waals surface area contributed by atoms with Gasteiger partial charge in [-0.3, -0.25) is 4.98 Å². The molecular weight excluding hydrogens is 676 g/mol. The van der Waals surface area contributed by atoms with Gasteiger partial charge in [0.1, 0.15) is 6.33 Å². The van der Waals surface area contributed by atoms with Crippen LogP contribution in [0, 0.1) is 6.92 Å². The van der Waals surface area contributed by atoms with Crippen molar-refractivity contribution in [2.45, 2.75) is 19.3 Å². The van der Waals surface area contributed by atoms with Crippen molar-refractivity contribution in [3.05, 3.63) is 110 Å². The molecule has 0 aliphatic carbocycles. The van der Waals surface area contributed by atoms with Gasteiger partial charge in [-0.2, -0.15) is 31.4 Å². The topological polar surface area (TPSA) is 174 Å². The Kier molecular flexibility index (Phi) is 11.2. The highest BCUT2D eigenvalue weighted by Gasteiger charge is 2.38. The van der Waals surface area contributed by atoms with Crippen LogP contribution >= 0.6 is 0 Å². The number of hydrogen-bond acceptors (Lipinski definition) is 9. The van der Waals surface area contributed by atoms with Gasteiger partial charge in [0, 0.05) is 47.3 Å². The number of nitrogens with one attached hydrogen (secondary N) is 1. The first-order valence-electron chi connectivity index (χ1n) is 13.9. The van der Waals surface area contributed by atoms with Crippen LogP contribution in [0.15, 0.2) is 104 Å². The van der Waals surface area contributed by atoms with Gasteiger partial charge in [0.2, 0.25) is 5.95 Å². The Hall–Kier alpha value is -6.66. The first kappa shape index (κ1) is 36.2. The molecule has 0 unspecified atom stereocenters. The van der Waals surface area contributed by atoms with Crippen molar-refractivity contribution >= 4 is 23.6 Å². The van der Waals surface area contributed by atoms with Crippen molar-refractivity contribution in [2.75, 3.05) is 5.32 Å². The number of carboxylic acid groups (broad SMARTS) is 2. The van der Waals surface area contributed by atoms with Gasteiger partial charge in [0.25, 0.3) is 0 Å². The standard InChI is InChI=1S/C27H21N9.2C2HF3O2/c1-19-6-7-21(17-29-19)26-30-18-36(34-26)23-10-8-22(9-11-23)32-27-28-14-12-25(33-27)20-4-2-5-24(16-20)35-15-3-13-31-35;2*3-2(4,5)1(6)7/h2-18H,1H3,(H,28,32,33);2*(H,6,7). The molecule has 0 bridgehead atoms. The summed E-state index contributed by atoms with van der Waals surface area (Å²) < 4.78 is 67.0. The van der Waals surface area contributed by atoms with E-state index in [1.54, 1.807) is 29.6 Å². The molecule has 0 saturated heterocycles. The van der Waals surface area contributed by atoms with Crippen molar-refractivity contribution in [2.24, 2.45) is 0 Å². The summed E-state index contributed by atoms with van der Waals surface area (Å²) >= 11 is 0. The number of aromatic nitrogens is 8. The highest BCUT2D eigenvalue weighted by Crippen LogP contribution is 2.23. The second-order valence-electron chi connectivity index (χ2n) is 9.75. The molecule has 0 saturated carbocycles. The molecule has 0 spiro atoms. The molecule has 0 radical (unpaired) electrons. The van der Waals surface area contributed by atoms with Gasteiger partial charge >= 0.3 is 24.3 Å². The van der Waals surface area contributed by atoms with Crippen molar-refractivity contribution in [3.63, 3.8) is 0 Å². The monoisotopic (exact) mass is 699 g/mol. The number of pyridine rings is 1. The van der Waals surface area contributed by atoms with E-state index in [9.17, 15) is 26.3 Å². The lowest BCUT2D eigenvalue weighted by atomic mass is 10.1. The Morgan fingerprint density at radius 3 is 2.00 bits per heavy atom. The second-order valence-corrected chi connectivity index (χ2v) is 9.75. The van der Waals surface area contributed by atoms with E-state index < -0.39 is 24.3 Å². The number of nitrogens with zero attached hydrogens (tertiary/aromatic N) is 8. The number of halogens is 6. The van der Waals surface area contributed by atoms with Gasteiger partial charge in [0.15, 0.2) is 5.82 Å². The van der Waals surface area contributed by atoms with Crippen LogP contribution in [-0.4, -0.2) is 74.0 Å². The summed E-state index contributed by atoms with van der Waals surface area (Å²) in [4.78, 5) is 35.6. The molecule has 2 aromatic carbocycles. The van der Waals surface area contributed by atoms with Crippen molar-refractivity contribution in [1.82, 2.24) is 39.5 Å². The lowest BCUT2D eigenvalue weighted by molar-refractivity contribution is -0.193. The summed E-state index contributed by atoms with van der Waals surface area (Å²) in [5.74, 6) is -4.37. The van der Waals surface area contributed by atoms with Gasteiger partial charge in [-0.05, 0) is 67.6 Å². The minimum atomic E-state index is -5.08. The second kappa shape index (κ2) is 15.5. The van der Waals surface area contributed by atoms with Gasteiger partial charge < -0.3 is 15.5 Å². The minimum absolute atomic E-state index is 0.514. The summed E-state index contributed by atoms with van der Waals surface area (Å²) in [6, 6.07) is 23.6. The van der Waals surface area contributed by atoms with Crippen LogP contribution in [-0.2, 0) is 9.59 Å². The first-order chi connectivity index (χ1) is 23.6. The maximum atomic E-state index is 10.6. The van der Waals surface area contributed by atoms with E-state index in [0.717, 1.165) is 39.6 Å². The number of benzene rings is 2. The quantitative estimate of drug-likeness (QED) is 0.167. The van der Waals surface area contributed by atoms with Gasteiger partial charge in [-0.15, -0.1) is 5.10 Å². The Labute approximate surface area is 277 Å². The molecular formula is C31H23F6N9O4. The molecule has 0 atom stereocenters. The van der Waals surface area contributed by atoms with Crippen molar-refractivity contribution in [1.29, 1.82) is 0 Å². The number of aliphatic carboxylic acids is 2. The Bertz CT molecular complexity index is 2010. The number of carboxylic acids is 2. The third-order valence-electron chi connectivity index (χ3n) is 6.10. The van der Waals surface area contributed by atoms with E-state index >= 15 is 0 Å². The molecule has 4 aromatic heterocycles. The lowest BCUT2D eigenvalue weighted by Gasteiger charge is -2.09. The maximum Gasteiger partial charge on any atom is 0.490 e. The van der Waals surface area contributed by atoms with Crippen LogP contribution in [0.3, 0.4) is 0 Å². The number of aryl methyl sites for hydroxylation is 1. The van der Waals surface area contributed by atoms with Gasteiger partial charge in [-0.25, -0.2) is 33.9 Å². The highest BCUT2D eigenvalue weighted by molar-refractivity contribution is 5.73. The van der Waals surface area contributed by atoms with E-state index in [-0.39, 0.29) is 0 Å². The van der Waals surface area contributed by atoms with Gasteiger partial charge in [0.05, 0.1) is 17.1 Å². The molecule has 0 aliphatic heterocycles. The summed E-state index contributed by atoms with van der Waals surface area (Å²) in [7, 11) is 0. The molecule has 13 nitrogen and oxygen atoms in total. The summed E-state index contributed by atoms with van der Waals surface area (Å²) in [5.41, 5.74) is 6.36. The largest absolute Gasteiger partial charge is 0.490 e. The van der Waals surface area contributed by atoms with E-state index in [4.69, 9.17) is 24.8 Å². The molecule has 19 heteroatoms. The van der Waals surface area contributed by atoms with E-state index in [1.165, 1.54) is 0 Å².